The first kappa shape index (κ1) is 38.3. The molecule has 4 N–H and O–H groups in total. The largest absolute Gasteiger partial charge is 0.478 e. The average Bonchev–Trinajstić information content (AvgIpc) is 3.07. The third-order valence-electron chi connectivity index (χ3n) is 6.82. The third kappa shape index (κ3) is 16.8. The summed E-state index contributed by atoms with van der Waals surface area (Å²) >= 11 is 0. The molecule has 47 heavy (non-hydrogen) atoms. The van der Waals surface area contributed by atoms with Crippen molar-refractivity contribution >= 4 is 29.8 Å². The third-order valence-corrected chi connectivity index (χ3v) is 6.82. The lowest BCUT2D eigenvalue weighted by atomic mass is 10.0. The molecule has 254 valence electrons. The molecule has 2 aromatic rings. The van der Waals surface area contributed by atoms with Crippen LogP contribution >= 0.6 is 0 Å². The lowest BCUT2D eigenvalue weighted by molar-refractivity contribution is -0.137. The Balaban J connectivity index is 0.000000397. The Labute approximate surface area is 272 Å². The fraction of sp³-hybridized carbons (Fsp3) is 0.364. The van der Waals surface area contributed by atoms with Gasteiger partial charge in [-0.25, -0.2) is 19.2 Å². The molecular weight excluding hydrogens is 614 g/mol. The fourth-order valence-corrected chi connectivity index (χ4v) is 4.50. The van der Waals surface area contributed by atoms with Crippen LogP contribution in [-0.2, 0) is 33.4 Å². The van der Waals surface area contributed by atoms with E-state index in [0.29, 0.717) is 50.7 Å². The number of ether oxygens (including phenoxy) is 2. The summed E-state index contributed by atoms with van der Waals surface area (Å²) in [7, 11) is 0. The highest BCUT2D eigenvalue weighted by atomic mass is 16.5. The van der Waals surface area contributed by atoms with Gasteiger partial charge in [-0.3, -0.25) is 14.6 Å². The summed E-state index contributed by atoms with van der Waals surface area (Å²) in [4.78, 5) is 57.3. The highest BCUT2D eigenvalue weighted by molar-refractivity contribution is 5.90. The zero-order chi connectivity index (χ0) is 34.4. The van der Waals surface area contributed by atoms with Gasteiger partial charge in [-0.2, -0.15) is 0 Å². The molecule has 2 fully saturated rings. The Morgan fingerprint density at radius 3 is 1.45 bits per heavy atom. The lowest BCUT2D eigenvalue weighted by Gasteiger charge is -2.36. The minimum atomic E-state index is -1.26. The van der Waals surface area contributed by atoms with Gasteiger partial charge in [-0.1, -0.05) is 60.7 Å². The predicted octanol–water partition coefficient (Wildman–Crippen LogP) is 1.69. The standard InChI is InChI=1S/C25H33N3O3.2C4H4O4/c29-24(28-16-18-30-19-17-28)21-27-13-11-26(12-14-27)15-20-31-25(22-7-3-1-4-8-22)23-9-5-2-6-10-23;2*5-3(6)1-2-4(7)8/h1-10,25H,11-21H2;2*1-2H,(H,5,6)(H,7,8). The van der Waals surface area contributed by atoms with E-state index < -0.39 is 23.9 Å². The van der Waals surface area contributed by atoms with Gasteiger partial charge >= 0.3 is 23.9 Å². The molecule has 0 aromatic heterocycles. The summed E-state index contributed by atoms with van der Waals surface area (Å²) in [6, 6.07) is 20.8. The second kappa shape index (κ2) is 21.8. The Morgan fingerprint density at radius 2 is 1.04 bits per heavy atom. The highest BCUT2D eigenvalue weighted by Gasteiger charge is 2.23. The Bertz CT molecular complexity index is 1220. The van der Waals surface area contributed by atoms with Gasteiger partial charge in [-0.15, -0.1) is 0 Å². The number of carbonyl (C=O) groups is 5. The number of nitrogens with zero attached hydrogens (tertiary/aromatic N) is 3. The van der Waals surface area contributed by atoms with E-state index in [0.717, 1.165) is 45.8 Å². The second-order valence-electron chi connectivity index (χ2n) is 10.2. The van der Waals surface area contributed by atoms with Crippen LogP contribution in [0.1, 0.15) is 17.2 Å². The van der Waals surface area contributed by atoms with Crippen LogP contribution < -0.4 is 0 Å². The van der Waals surface area contributed by atoms with Gasteiger partial charge in [-0.05, 0) is 11.1 Å². The zero-order valence-corrected chi connectivity index (χ0v) is 25.9. The first-order valence-corrected chi connectivity index (χ1v) is 14.8. The van der Waals surface area contributed by atoms with Crippen molar-refractivity contribution in [3.8, 4) is 0 Å². The molecule has 2 heterocycles. The van der Waals surface area contributed by atoms with Gasteiger partial charge in [0.25, 0.3) is 0 Å². The monoisotopic (exact) mass is 655 g/mol. The number of rotatable bonds is 12. The van der Waals surface area contributed by atoms with E-state index in [2.05, 4.69) is 58.3 Å². The number of hydrogen-bond acceptors (Lipinski definition) is 9. The minimum absolute atomic E-state index is 0.0465. The fourth-order valence-electron chi connectivity index (χ4n) is 4.50. The summed E-state index contributed by atoms with van der Waals surface area (Å²) in [5.41, 5.74) is 2.36. The molecule has 14 heteroatoms. The molecule has 4 rings (SSSR count). The van der Waals surface area contributed by atoms with Crippen LogP contribution in [0, 0.1) is 0 Å². The van der Waals surface area contributed by atoms with E-state index in [1.807, 2.05) is 17.0 Å². The van der Waals surface area contributed by atoms with Gasteiger partial charge in [0.15, 0.2) is 0 Å². The van der Waals surface area contributed by atoms with E-state index in [1.54, 1.807) is 0 Å². The molecular formula is C33H41N3O11. The van der Waals surface area contributed by atoms with Crippen molar-refractivity contribution in [3.63, 3.8) is 0 Å². The SMILES string of the molecule is O=C(CN1CCN(CCOC(c2ccccc2)c2ccccc2)CC1)N1CCOCC1.O=C(O)C=CC(=O)O.O=C(O)C=CC(=O)O. The first-order chi connectivity index (χ1) is 22.5. The van der Waals surface area contributed by atoms with Crippen molar-refractivity contribution in [2.24, 2.45) is 0 Å². The number of piperazine rings is 1. The van der Waals surface area contributed by atoms with Crippen molar-refractivity contribution in [2.45, 2.75) is 6.10 Å². The molecule has 1 amide bonds. The number of benzene rings is 2. The molecule has 0 aliphatic carbocycles. The second-order valence-corrected chi connectivity index (χ2v) is 10.2. The van der Waals surface area contributed by atoms with Gasteiger partial charge in [0.2, 0.25) is 5.91 Å². The number of morpholine rings is 1. The molecule has 2 aliphatic heterocycles. The summed E-state index contributed by atoms with van der Waals surface area (Å²) in [5.74, 6) is -4.80. The molecule has 0 spiro atoms. The lowest BCUT2D eigenvalue weighted by Crippen LogP contribution is -2.51. The van der Waals surface area contributed by atoms with E-state index in [4.69, 9.17) is 29.9 Å². The average molecular weight is 656 g/mol. The molecule has 0 saturated carbocycles. The number of carboxylic acid groups (broad SMARTS) is 4. The molecule has 2 saturated heterocycles. The van der Waals surface area contributed by atoms with Crippen LogP contribution in [0.5, 0.6) is 0 Å². The van der Waals surface area contributed by atoms with Crippen LogP contribution in [0.25, 0.3) is 0 Å². The normalized spacial score (nSPS) is 15.4. The molecule has 2 aliphatic rings. The maximum Gasteiger partial charge on any atom is 0.328 e. The van der Waals surface area contributed by atoms with Crippen LogP contribution in [0.15, 0.2) is 85.0 Å². The maximum atomic E-state index is 12.5. The van der Waals surface area contributed by atoms with Crippen LogP contribution in [0.4, 0.5) is 0 Å². The number of aliphatic carboxylic acids is 4. The van der Waals surface area contributed by atoms with Gasteiger partial charge in [0.1, 0.15) is 6.10 Å². The van der Waals surface area contributed by atoms with E-state index >= 15 is 0 Å². The van der Waals surface area contributed by atoms with Crippen LogP contribution in [0.2, 0.25) is 0 Å². The maximum absolute atomic E-state index is 12.5. The number of carbonyl (C=O) groups excluding carboxylic acids is 1. The predicted molar refractivity (Wildman–Crippen MR) is 170 cm³/mol. The molecule has 0 unspecified atom stereocenters. The summed E-state index contributed by atoms with van der Waals surface area (Å²) in [6.45, 7) is 8.67. The van der Waals surface area contributed by atoms with Gasteiger partial charge < -0.3 is 34.8 Å². The molecule has 2 aromatic carbocycles. The number of amides is 1. The molecule has 14 nitrogen and oxygen atoms in total. The van der Waals surface area contributed by atoms with E-state index in [9.17, 15) is 24.0 Å². The summed E-state index contributed by atoms with van der Waals surface area (Å²) in [5, 5.41) is 31.2. The van der Waals surface area contributed by atoms with Crippen molar-refractivity contribution in [2.75, 3.05) is 72.2 Å². The quantitative estimate of drug-likeness (QED) is 0.242. The van der Waals surface area contributed by atoms with Crippen LogP contribution in [-0.4, -0.2) is 137 Å². The minimum Gasteiger partial charge on any atom is -0.478 e. The Hall–Kier alpha value is -4.89. The topological polar surface area (TPSA) is 194 Å². The van der Waals surface area contributed by atoms with E-state index in [1.165, 1.54) is 11.1 Å². The van der Waals surface area contributed by atoms with Crippen LogP contribution in [0.3, 0.4) is 0 Å². The molecule has 0 radical (unpaired) electrons. The molecule has 0 atom stereocenters. The van der Waals surface area contributed by atoms with Gasteiger partial charge in [0.05, 0.1) is 26.4 Å². The first-order valence-electron chi connectivity index (χ1n) is 14.8. The molecule has 0 bridgehead atoms. The Kier molecular flexibility index (Phi) is 17.7. The van der Waals surface area contributed by atoms with Crippen molar-refractivity contribution in [1.82, 2.24) is 14.7 Å². The van der Waals surface area contributed by atoms with E-state index in [-0.39, 0.29) is 12.0 Å². The number of hydrogen-bond donors (Lipinski definition) is 4. The highest BCUT2D eigenvalue weighted by Crippen LogP contribution is 2.25. The number of carboxylic acids is 4. The Morgan fingerprint density at radius 1 is 0.638 bits per heavy atom. The zero-order valence-electron chi connectivity index (χ0n) is 25.9. The summed E-state index contributed by atoms with van der Waals surface area (Å²) in [6.07, 6.45) is 2.19. The van der Waals surface area contributed by atoms with Gasteiger partial charge in [0, 0.05) is 70.1 Å². The smallest absolute Gasteiger partial charge is 0.328 e. The van der Waals surface area contributed by atoms with Crippen molar-refractivity contribution in [1.29, 1.82) is 0 Å². The van der Waals surface area contributed by atoms with Crippen molar-refractivity contribution in [3.05, 3.63) is 96.1 Å². The summed E-state index contributed by atoms with van der Waals surface area (Å²) < 4.78 is 11.7. The van der Waals surface area contributed by atoms with Crippen molar-refractivity contribution < 1.29 is 53.9 Å².